The van der Waals surface area contributed by atoms with Crippen molar-refractivity contribution < 1.29 is 17.5 Å². The Kier molecular flexibility index (Phi) is 4.80. The van der Waals surface area contributed by atoms with Gasteiger partial charge in [-0.3, -0.25) is 0 Å². The molecule has 0 fully saturated rings. The Bertz CT molecular complexity index is 699. The number of rotatable bonds is 6. The zero-order chi connectivity index (χ0) is 15.3. The molecule has 0 heterocycles. The monoisotopic (exact) mass is 309 g/mol. The highest BCUT2D eigenvalue weighted by atomic mass is 32.2. The Balaban J connectivity index is 1.86. The van der Waals surface area contributed by atoms with Crippen LogP contribution in [0.15, 0.2) is 53.4 Å². The van der Waals surface area contributed by atoms with Gasteiger partial charge in [0, 0.05) is 5.69 Å². The standard InChI is InChI=1S/C15H16FNO3S/c16-12-3-1-4-15(11-12)21(18,19)10-2-9-20-14-7-5-13(17)6-8-14/h1,3-8,11H,2,9-10,17H2. The van der Waals surface area contributed by atoms with E-state index in [1.54, 1.807) is 24.3 Å². The second-order valence-corrected chi connectivity index (χ2v) is 6.66. The van der Waals surface area contributed by atoms with E-state index in [-0.39, 0.29) is 17.3 Å². The summed E-state index contributed by atoms with van der Waals surface area (Å²) in [6, 6.07) is 11.9. The molecule has 2 aromatic carbocycles. The molecule has 6 heteroatoms. The number of hydrogen-bond donors (Lipinski definition) is 1. The van der Waals surface area contributed by atoms with Gasteiger partial charge in [0.15, 0.2) is 9.84 Å². The van der Waals surface area contributed by atoms with Crippen LogP contribution in [0.25, 0.3) is 0 Å². The van der Waals surface area contributed by atoms with Crippen molar-refractivity contribution in [3.63, 3.8) is 0 Å². The highest BCUT2D eigenvalue weighted by Crippen LogP contribution is 2.15. The number of hydrogen-bond acceptors (Lipinski definition) is 4. The third-order valence-corrected chi connectivity index (χ3v) is 4.66. The van der Waals surface area contributed by atoms with Gasteiger partial charge in [-0.2, -0.15) is 0 Å². The summed E-state index contributed by atoms with van der Waals surface area (Å²) in [5.41, 5.74) is 6.18. The Morgan fingerprint density at radius 2 is 1.81 bits per heavy atom. The maximum atomic E-state index is 13.0. The van der Waals surface area contributed by atoms with E-state index in [0.717, 1.165) is 6.07 Å². The van der Waals surface area contributed by atoms with Gasteiger partial charge in [-0.25, -0.2) is 12.8 Å². The van der Waals surface area contributed by atoms with Crippen LogP contribution in [0.5, 0.6) is 5.75 Å². The first kappa shape index (κ1) is 15.3. The molecular formula is C15H16FNO3S. The van der Waals surface area contributed by atoms with E-state index in [1.165, 1.54) is 18.2 Å². The zero-order valence-corrected chi connectivity index (χ0v) is 12.1. The molecule has 2 rings (SSSR count). The smallest absolute Gasteiger partial charge is 0.178 e. The minimum Gasteiger partial charge on any atom is -0.494 e. The summed E-state index contributed by atoms with van der Waals surface area (Å²) in [7, 11) is -3.48. The van der Waals surface area contributed by atoms with Crippen LogP contribution in [0.4, 0.5) is 10.1 Å². The van der Waals surface area contributed by atoms with Crippen molar-refractivity contribution in [1.29, 1.82) is 0 Å². The first-order valence-electron chi connectivity index (χ1n) is 6.44. The lowest BCUT2D eigenvalue weighted by Crippen LogP contribution is -2.10. The molecule has 0 bridgehead atoms. The van der Waals surface area contributed by atoms with Gasteiger partial charge < -0.3 is 10.5 Å². The first-order chi connectivity index (χ1) is 9.97. The number of benzene rings is 2. The van der Waals surface area contributed by atoms with Crippen LogP contribution in [0.2, 0.25) is 0 Å². The van der Waals surface area contributed by atoms with E-state index in [2.05, 4.69) is 0 Å². The molecule has 0 spiro atoms. The maximum Gasteiger partial charge on any atom is 0.178 e. The molecule has 2 N–H and O–H groups in total. The van der Waals surface area contributed by atoms with Gasteiger partial charge in [0.05, 0.1) is 17.3 Å². The Hall–Kier alpha value is -2.08. The molecule has 0 aliphatic rings. The van der Waals surface area contributed by atoms with Crippen LogP contribution < -0.4 is 10.5 Å². The molecule has 2 aromatic rings. The van der Waals surface area contributed by atoms with Gasteiger partial charge in [-0.15, -0.1) is 0 Å². The lowest BCUT2D eigenvalue weighted by molar-refractivity contribution is 0.317. The van der Waals surface area contributed by atoms with Crippen LogP contribution in [0, 0.1) is 5.82 Å². The Morgan fingerprint density at radius 1 is 1.10 bits per heavy atom. The topological polar surface area (TPSA) is 69.4 Å². The number of anilines is 1. The van der Waals surface area contributed by atoms with Gasteiger partial charge in [0.1, 0.15) is 11.6 Å². The summed E-state index contributed by atoms with van der Waals surface area (Å²) in [5.74, 6) is -0.0210. The van der Waals surface area contributed by atoms with Crippen LogP contribution in [0.3, 0.4) is 0 Å². The average molecular weight is 309 g/mol. The fourth-order valence-electron chi connectivity index (χ4n) is 1.78. The molecule has 0 aliphatic carbocycles. The second kappa shape index (κ2) is 6.58. The predicted molar refractivity (Wildman–Crippen MR) is 79.4 cm³/mol. The summed E-state index contributed by atoms with van der Waals surface area (Å²) in [5, 5.41) is 0. The van der Waals surface area contributed by atoms with Crippen molar-refractivity contribution >= 4 is 15.5 Å². The van der Waals surface area contributed by atoms with Gasteiger partial charge >= 0.3 is 0 Å². The molecule has 0 aliphatic heterocycles. The minimum absolute atomic E-state index is 0.00464. The normalized spacial score (nSPS) is 11.3. The lowest BCUT2D eigenvalue weighted by Gasteiger charge is -2.07. The highest BCUT2D eigenvalue weighted by Gasteiger charge is 2.14. The molecule has 0 saturated heterocycles. The molecule has 0 atom stereocenters. The molecule has 21 heavy (non-hydrogen) atoms. The molecule has 0 radical (unpaired) electrons. The van der Waals surface area contributed by atoms with Gasteiger partial charge in [0.2, 0.25) is 0 Å². The van der Waals surface area contributed by atoms with Crippen molar-refractivity contribution in [1.82, 2.24) is 0 Å². The SMILES string of the molecule is Nc1ccc(OCCCS(=O)(=O)c2cccc(F)c2)cc1. The van der Waals surface area contributed by atoms with Crippen molar-refractivity contribution in [3.05, 3.63) is 54.3 Å². The van der Waals surface area contributed by atoms with Crippen molar-refractivity contribution in [2.24, 2.45) is 0 Å². The average Bonchev–Trinajstić information content (AvgIpc) is 2.45. The third kappa shape index (κ3) is 4.46. The van der Waals surface area contributed by atoms with Crippen LogP contribution in [-0.4, -0.2) is 20.8 Å². The fourth-order valence-corrected chi connectivity index (χ4v) is 3.09. The number of ether oxygens (including phenoxy) is 1. The number of nitrogens with two attached hydrogens (primary N) is 1. The van der Waals surface area contributed by atoms with Crippen LogP contribution in [-0.2, 0) is 9.84 Å². The first-order valence-corrected chi connectivity index (χ1v) is 8.09. The van der Waals surface area contributed by atoms with E-state index in [9.17, 15) is 12.8 Å². The third-order valence-electron chi connectivity index (χ3n) is 2.86. The second-order valence-electron chi connectivity index (χ2n) is 4.55. The summed E-state index contributed by atoms with van der Waals surface area (Å²) in [6.07, 6.45) is 0.323. The lowest BCUT2D eigenvalue weighted by atomic mass is 10.3. The van der Waals surface area contributed by atoms with Gasteiger partial charge in [-0.05, 0) is 48.9 Å². The predicted octanol–water partition coefficient (Wildman–Crippen LogP) is 2.65. The molecule has 0 saturated carbocycles. The molecule has 0 aromatic heterocycles. The molecule has 112 valence electrons. The number of halogens is 1. The van der Waals surface area contributed by atoms with Crippen molar-refractivity contribution in [2.45, 2.75) is 11.3 Å². The Labute approximate surface area is 123 Å². The quantitative estimate of drug-likeness (QED) is 0.658. The number of sulfone groups is 1. The van der Waals surface area contributed by atoms with E-state index in [0.29, 0.717) is 17.9 Å². The highest BCUT2D eigenvalue weighted by molar-refractivity contribution is 7.91. The molecule has 0 amide bonds. The summed E-state index contributed by atoms with van der Waals surface area (Å²) < 4.78 is 42.5. The Morgan fingerprint density at radius 3 is 2.48 bits per heavy atom. The van der Waals surface area contributed by atoms with E-state index in [4.69, 9.17) is 10.5 Å². The van der Waals surface area contributed by atoms with Crippen molar-refractivity contribution in [2.75, 3.05) is 18.1 Å². The van der Waals surface area contributed by atoms with Crippen LogP contribution in [0.1, 0.15) is 6.42 Å². The maximum absolute atomic E-state index is 13.0. The number of nitrogen functional groups attached to an aromatic ring is 1. The molecule has 0 unspecified atom stereocenters. The summed E-state index contributed by atoms with van der Waals surface area (Å²) >= 11 is 0. The fraction of sp³-hybridized carbons (Fsp3) is 0.200. The van der Waals surface area contributed by atoms with E-state index >= 15 is 0 Å². The van der Waals surface area contributed by atoms with Gasteiger partial charge in [-0.1, -0.05) is 6.07 Å². The van der Waals surface area contributed by atoms with E-state index in [1.807, 2.05) is 0 Å². The van der Waals surface area contributed by atoms with E-state index < -0.39 is 15.7 Å². The summed E-state index contributed by atoms with van der Waals surface area (Å²) in [6.45, 7) is 0.262. The molecule has 4 nitrogen and oxygen atoms in total. The zero-order valence-electron chi connectivity index (χ0n) is 11.3. The largest absolute Gasteiger partial charge is 0.494 e. The minimum atomic E-state index is -3.48. The van der Waals surface area contributed by atoms with Crippen LogP contribution >= 0.6 is 0 Å². The van der Waals surface area contributed by atoms with Gasteiger partial charge in [0.25, 0.3) is 0 Å². The summed E-state index contributed by atoms with van der Waals surface area (Å²) in [4.78, 5) is -0.00464. The molecular weight excluding hydrogens is 293 g/mol. The van der Waals surface area contributed by atoms with Crippen molar-refractivity contribution in [3.8, 4) is 5.75 Å².